The van der Waals surface area contributed by atoms with Crippen LogP contribution in [0, 0.1) is 5.82 Å². The number of hydrogen-bond acceptors (Lipinski definition) is 4. The predicted molar refractivity (Wildman–Crippen MR) is 69.6 cm³/mol. The van der Waals surface area contributed by atoms with Gasteiger partial charge in [-0.1, -0.05) is 6.07 Å². The molecule has 5 heteroatoms. The Morgan fingerprint density at radius 2 is 2.11 bits per heavy atom. The fourth-order valence-electron chi connectivity index (χ4n) is 2.34. The molecular weight excluding hydrogens is 249 g/mol. The van der Waals surface area contributed by atoms with Gasteiger partial charge in [0.25, 0.3) is 0 Å². The molecule has 1 aromatic rings. The van der Waals surface area contributed by atoms with Crippen molar-refractivity contribution in [2.45, 2.75) is 25.0 Å². The van der Waals surface area contributed by atoms with Gasteiger partial charge in [-0.15, -0.1) is 0 Å². The standard InChI is InChI=1S/C14H20FNO3/c1-19-14-3-2-10(8-12(14)15)13(18)9-16-6-4-11(17)5-7-16/h2-3,8,11,13,17-18H,4-7,9H2,1H3. The zero-order valence-corrected chi connectivity index (χ0v) is 11.1. The molecule has 2 rings (SSSR count). The highest BCUT2D eigenvalue weighted by Crippen LogP contribution is 2.23. The van der Waals surface area contributed by atoms with Crippen molar-refractivity contribution in [1.29, 1.82) is 0 Å². The first-order valence-corrected chi connectivity index (χ1v) is 6.52. The first kappa shape index (κ1) is 14.2. The summed E-state index contributed by atoms with van der Waals surface area (Å²) in [6.45, 7) is 1.98. The largest absolute Gasteiger partial charge is 0.494 e. The van der Waals surface area contributed by atoms with Crippen molar-refractivity contribution in [1.82, 2.24) is 4.90 Å². The Kier molecular flexibility index (Phi) is 4.74. The highest BCUT2D eigenvalue weighted by atomic mass is 19.1. The molecule has 106 valence electrons. The van der Waals surface area contributed by atoms with Crippen LogP contribution in [-0.4, -0.2) is 48.0 Å². The second-order valence-corrected chi connectivity index (χ2v) is 4.94. The lowest BCUT2D eigenvalue weighted by atomic mass is 10.0. The number of benzene rings is 1. The lowest BCUT2D eigenvalue weighted by Gasteiger charge is -2.31. The number of likely N-dealkylation sites (tertiary alicyclic amines) is 1. The molecule has 1 saturated heterocycles. The molecule has 1 atom stereocenters. The maximum atomic E-state index is 13.6. The Morgan fingerprint density at radius 1 is 1.42 bits per heavy atom. The van der Waals surface area contributed by atoms with Crippen LogP contribution in [0.5, 0.6) is 5.75 Å². The summed E-state index contributed by atoms with van der Waals surface area (Å²) < 4.78 is 18.4. The number of aliphatic hydroxyl groups is 2. The molecule has 0 bridgehead atoms. The summed E-state index contributed by atoms with van der Waals surface area (Å²) in [7, 11) is 1.41. The van der Waals surface area contributed by atoms with Crippen LogP contribution in [0.15, 0.2) is 18.2 Å². The monoisotopic (exact) mass is 269 g/mol. The van der Waals surface area contributed by atoms with Crippen LogP contribution >= 0.6 is 0 Å². The van der Waals surface area contributed by atoms with E-state index in [0.717, 1.165) is 25.9 Å². The normalized spacial score (nSPS) is 19.4. The van der Waals surface area contributed by atoms with Crippen LogP contribution in [-0.2, 0) is 0 Å². The average Bonchev–Trinajstić information content (AvgIpc) is 2.41. The minimum absolute atomic E-state index is 0.178. The number of hydrogen-bond donors (Lipinski definition) is 2. The molecule has 0 amide bonds. The number of ether oxygens (including phenoxy) is 1. The van der Waals surface area contributed by atoms with E-state index in [2.05, 4.69) is 4.90 Å². The maximum Gasteiger partial charge on any atom is 0.165 e. The van der Waals surface area contributed by atoms with Crippen LogP contribution in [0.4, 0.5) is 4.39 Å². The van der Waals surface area contributed by atoms with E-state index in [0.29, 0.717) is 12.1 Å². The van der Waals surface area contributed by atoms with Gasteiger partial charge in [0.1, 0.15) is 0 Å². The SMILES string of the molecule is COc1ccc(C(O)CN2CCC(O)CC2)cc1F. The van der Waals surface area contributed by atoms with E-state index in [1.165, 1.54) is 19.2 Å². The van der Waals surface area contributed by atoms with Gasteiger partial charge in [0, 0.05) is 19.6 Å². The van der Waals surface area contributed by atoms with Crippen LogP contribution < -0.4 is 4.74 Å². The average molecular weight is 269 g/mol. The van der Waals surface area contributed by atoms with E-state index in [-0.39, 0.29) is 11.9 Å². The number of piperidine rings is 1. The van der Waals surface area contributed by atoms with Gasteiger partial charge < -0.3 is 19.8 Å². The maximum absolute atomic E-state index is 13.6. The molecule has 0 saturated carbocycles. The number of rotatable bonds is 4. The summed E-state index contributed by atoms with van der Waals surface area (Å²) in [5.74, 6) is -0.287. The van der Waals surface area contributed by atoms with Crippen LogP contribution in [0.2, 0.25) is 0 Å². The van der Waals surface area contributed by atoms with E-state index in [9.17, 15) is 14.6 Å². The Hall–Kier alpha value is -1.17. The van der Waals surface area contributed by atoms with Gasteiger partial charge in [-0.3, -0.25) is 0 Å². The van der Waals surface area contributed by atoms with Gasteiger partial charge in [-0.05, 0) is 30.5 Å². The number of nitrogens with zero attached hydrogens (tertiary/aromatic N) is 1. The van der Waals surface area contributed by atoms with Crippen molar-refractivity contribution in [3.05, 3.63) is 29.6 Å². The van der Waals surface area contributed by atoms with Gasteiger partial charge in [0.2, 0.25) is 0 Å². The third-order valence-corrected chi connectivity index (χ3v) is 3.55. The Morgan fingerprint density at radius 3 is 2.68 bits per heavy atom. The molecule has 1 heterocycles. The number of β-amino-alcohol motifs (C(OH)–C–C–N with tert-alkyl or cyclic N) is 1. The molecule has 1 aromatic carbocycles. The number of methoxy groups -OCH3 is 1. The van der Waals surface area contributed by atoms with Gasteiger partial charge in [0.15, 0.2) is 11.6 Å². The first-order chi connectivity index (χ1) is 9.10. The summed E-state index contributed by atoms with van der Waals surface area (Å²) in [4.78, 5) is 2.08. The predicted octanol–water partition coefficient (Wildman–Crippen LogP) is 1.32. The molecular formula is C14H20FNO3. The van der Waals surface area contributed by atoms with Crippen molar-refractivity contribution in [3.63, 3.8) is 0 Å². The zero-order chi connectivity index (χ0) is 13.8. The van der Waals surface area contributed by atoms with Crippen LogP contribution in [0.3, 0.4) is 0 Å². The highest BCUT2D eigenvalue weighted by Gasteiger charge is 2.20. The summed E-state index contributed by atoms with van der Waals surface area (Å²) in [5, 5.41) is 19.5. The topological polar surface area (TPSA) is 52.9 Å². The van der Waals surface area contributed by atoms with Crippen molar-refractivity contribution in [3.8, 4) is 5.75 Å². The van der Waals surface area contributed by atoms with E-state index >= 15 is 0 Å². The van der Waals surface area contributed by atoms with Gasteiger partial charge in [-0.25, -0.2) is 4.39 Å². The molecule has 19 heavy (non-hydrogen) atoms. The summed E-state index contributed by atoms with van der Waals surface area (Å²) in [6, 6.07) is 4.50. The molecule has 0 aromatic heterocycles. The molecule has 0 radical (unpaired) electrons. The fraction of sp³-hybridized carbons (Fsp3) is 0.571. The highest BCUT2D eigenvalue weighted by molar-refractivity contribution is 5.30. The molecule has 4 nitrogen and oxygen atoms in total. The third-order valence-electron chi connectivity index (χ3n) is 3.55. The molecule has 1 fully saturated rings. The Bertz CT molecular complexity index is 419. The first-order valence-electron chi connectivity index (χ1n) is 6.52. The second kappa shape index (κ2) is 6.32. The molecule has 1 unspecified atom stereocenters. The van der Waals surface area contributed by atoms with Crippen LogP contribution in [0.1, 0.15) is 24.5 Å². The van der Waals surface area contributed by atoms with Gasteiger partial charge in [0.05, 0.1) is 19.3 Å². The quantitative estimate of drug-likeness (QED) is 0.865. The van der Waals surface area contributed by atoms with Gasteiger partial charge >= 0.3 is 0 Å². The van der Waals surface area contributed by atoms with Crippen molar-refractivity contribution in [2.24, 2.45) is 0 Å². The van der Waals surface area contributed by atoms with Crippen molar-refractivity contribution >= 4 is 0 Å². The van der Waals surface area contributed by atoms with Crippen molar-refractivity contribution in [2.75, 3.05) is 26.7 Å². The Balaban J connectivity index is 1.96. The van der Waals surface area contributed by atoms with E-state index < -0.39 is 11.9 Å². The summed E-state index contributed by atoms with van der Waals surface area (Å²) >= 11 is 0. The fourth-order valence-corrected chi connectivity index (χ4v) is 2.34. The van der Waals surface area contributed by atoms with Gasteiger partial charge in [-0.2, -0.15) is 0 Å². The summed E-state index contributed by atoms with van der Waals surface area (Å²) in [6.07, 6.45) is 0.496. The van der Waals surface area contributed by atoms with Crippen molar-refractivity contribution < 1.29 is 19.3 Å². The Labute approximate surface area is 112 Å². The lowest BCUT2D eigenvalue weighted by molar-refractivity contribution is 0.0507. The van der Waals surface area contributed by atoms with E-state index in [4.69, 9.17) is 4.74 Å². The van der Waals surface area contributed by atoms with Crippen LogP contribution in [0.25, 0.3) is 0 Å². The minimum Gasteiger partial charge on any atom is -0.494 e. The molecule has 0 spiro atoms. The number of halogens is 1. The molecule has 0 aliphatic carbocycles. The molecule has 1 aliphatic heterocycles. The second-order valence-electron chi connectivity index (χ2n) is 4.94. The minimum atomic E-state index is -0.726. The summed E-state index contributed by atoms with van der Waals surface area (Å²) in [5.41, 5.74) is 0.546. The van der Waals surface area contributed by atoms with E-state index in [1.54, 1.807) is 6.07 Å². The smallest absolute Gasteiger partial charge is 0.165 e. The third kappa shape index (κ3) is 3.65. The molecule has 2 N–H and O–H groups in total. The van der Waals surface area contributed by atoms with E-state index in [1.807, 2.05) is 0 Å². The lowest BCUT2D eigenvalue weighted by Crippen LogP contribution is -2.38. The zero-order valence-electron chi connectivity index (χ0n) is 11.1. The number of aliphatic hydroxyl groups excluding tert-OH is 2. The molecule has 1 aliphatic rings.